The molecule has 0 radical (unpaired) electrons. The van der Waals surface area contributed by atoms with Gasteiger partial charge in [0.15, 0.2) is 0 Å². The van der Waals surface area contributed by atoms with Crippen molar-refractivity contribution < 1.29 is 8.95 Å². The highest BCUT2D eigenvalue weighted by Crippen LogP contribution is 2.60. The molecule has 0 bridgehead atoms. The maximum Gasteiger partial charge on any atom is 0.105 e. The van der Waals surface area contributed by atoms with E-state index in [9.17, 15) is 4.21 Å². The fourth-order valence-corrected chi connectivity index (χ4v) is 7.44. The number of hydrogen-bond donors (Lipinski definition) is 0. The molecule has 0 saturated carbocycles. The van der Waals surface area contributed by atoms with Crippen molar-refractivity contribution in [1.82, 2.24) is 4.31 Å². The topological polar surface area (TPSA) is 29.5 Å². The molecule has 0 aromatic heterocycles. The Hall–Kier alpha value is -0.230. The van der Waals surface area contributed by atoms with E-state index in [0.717, 1.165) is 36.9 Å². The van der Waals surface area contributed by atoms with Gasteiger partial charge in [-0.15, -0.1) is 0 Å². The van der Waals surface area contributed by atoms with Crippen LogP contribution in [0.25, 0.3) is 0 Å². The second-order valence-electron chi connectivity index (χ2n) is 7.35. The van der Waals surface area contributed by atoms with Gasteiger partial charge in [-0.2, -0.15) is 0 Å². The van der Waals surface area contributed by atoms with Crippen LogP contribution in [-0.2, 0) is 26.9 Å². The predicted octanol–water partition coefficient (Wildman–Crippen LogP) is 3.69. The average Bonchev–Trinajstić information content (AvgIpc) is 2.78. The van der Waals surface area contributed by atoms with Gasteiger partial charge in [-0.1, -0.05) is 22.0 Å². The van der Waals surface area contributed by atoms with Crippen LogP contribution in [0.1, 0.15) is 49.4 Å². The van der Waals surface area contributed by atoms with E-state index in [0.29, 0.717) is 0 Å². The van der Waals surface area contributed by atoms with Gasteiger partial charge < -0.3 is 4.74 Å². The smallest absolute Gasteiger partial charge is 0.105 e. The zero-order valence-electron chi connectivity index (χ0n) is 13.3. The van der Waals surface area contributed by atoms with Gasteiger partial charge in [0.2, 0.25) is 0 Å². The summed E-state index contributed by atoms with van der Waals surface area (Å²) in [6.45, 7) is 5.85. The predicted molar refractivity (Wildman–Crippen MR) is 92.0 cm³/mol. The molecule has 1 fully saturated rings. The zero-order chi connectivity index (χ0) is 15.7. The molecule has 3 aliphatic rings. The Balaban J connectivity index is 1.98. The molecule has 1 saturated heterocycles. The van der Waals surface area contributed by atoms with Gasteiger partial charge in [0.1, 0.15) is 11.0 Å². The summed E-state index contributed by atoms with van der Waals surface area (Å²) in [5.41, 5.74) is 4.33. The number of halogens is 1. The van der Waals surface area contributed by atoms with Crippen LogP contribution < -0.4 is 0 Å². The third kappa shape index (κ3) is 1.83. The molecule has 1 aliphatic carbocycles. The maximum absolute atomic E-state index is 13.2. The lowest BCUT2D eigenvalue weighted by Gasteiger charge is -2.48. The molecule has 120 valence electrons. The van der Waals surface area contributed by atoms with E-state index in [1.807, 2.05) is 7.05 Å². The first-order chi connectivity index (χ1) is 10.4. The van der Waals surface area contributed by atoms with Crippen LogP contribution in [0.5, 0.6) is 0 Å². The third-order valence-electron chi connectivity index (χ3n) is 5.83. The van der Waals surface area contributed by atoms with Crippen LogP contribution in [0.3, 0.4) is 0 Å². The minimum absolute atomic E-state index is 0.192. The number of hydrogen-bond acceptors (Lipinski definition) is 2. The molecule has 0 N–H and O–H groups in total. The lowest BCUT2D eigenvalue weighted by Crippen LogP contribution is -2.49. The minimum atomic E-state index is -1.03. The van der Waals surface area contributed by atoms with Gasteiger partial charge in [0, 0.05) is 24.7 Å². The van der Waals surface area contributed by atoms with E-state index in [-0.39, 0.29) is 16.2 Å². The van der Waals surface area contributed by atoms with Crippen molar-refractivity contribution in [2.45, 2.75) is 43.9 Å². The molecule has 1 aromatic rings. The van der Waals surface area contributed by atoms with Gasteiger partial charge >= 0.3 is 0 Å². The Morgan fingerprint density at radius 2 is 2.00 bits per heavy atom. The summed E-state index contributed by atoms with van der Waals surface area (Å²) in [7, 11) is 1.01. The van der Waals surface area contributed by atoms with Crippen LogP contribution in [0, 0.1) is 5.41 Å². The summed E-state index contributed by atoms with van der Waals surface area (Å²) in [6, 6.07) is 4.67. The first kappa shape index (κ1) is 15.3. The quantitative estimate of drug-likeness (QED) is 0.683. The van der Waals surface area contributed by atoms with Crippen LogP contribution in [0.2, 0.25) is 0 Å². The summed E-state index contributed by atoms with van der Waals surface area (Å²) in [5.74, 6) is 0. The van der Waals surface area contributed by atoms with E-state index in [1.165, 1.54) is 16.7 Å². The molecular formula is C17H22BrNO2S. The van der Waals surface area contributed by atoms with Crippen molar-refractivity contribution in [2.24, 2.45) is 5.41 Å². The molecule has 3 nitrogen and oxygen atoms in total. The fourth-order valence-electron chi connectivity index (χ4n) is 4.84. The van der Waals surface area contributed by atoms with Crippen molar-refractivity contribution in [1.29, 1.82) is 0 Å². The summed E-state index contributed by atoms with van der Waals surface area (Å²) >= 11 is 3.73. The lowest BCUT2D eigenvalue weighted by molar-refractivity contribution is -0.0124. The molecule has 2 unspecified atom stereocenters. The van der Waals surface area contributed by atoms with Gasteiger partial charge in [-0.05, 0) is 61.3 Å². The van der Waals surface area contributed by atoms with Crippen molar-refractivity contribution in [3.8, 4) is 0 Å². The normalized spacial score (nSPS) is 32.2. The van der Waals surface area contributed by atoms with E-state index < -0.39 is 11.0 Å². The highest BCUT2D eigenvalue weighted by molar-refractivity contribution is 9.10. The van der Waals surface area contributed by atoms with Gasteiger partial charge in [-0.25, -0.2) is 8.51 Å². The third-order valence-corrected chi connectivity index (χ3v) is 8.31. The van der Waals surface area contributed by atoms with E-state index in [2.05, 4.69) is 46.2 Å². The summed E-state index contributed by atoms with van der Waals surface area (Å²) in [5, 5.41) is 0. The van der Waals surface area contributed by atoms with Crippen LogP contribution in [0.15, 0.2) is 16.6 Å². The van der Waals surface area contributed by atoms with E-state index in [4.69, 9.17) is 4.74 Å². The van der Waals surface area contributed by atoms with Crippen molar-refractivity contribution in [2.75, 3.05) is 20.3 Å². The summed E-state index contributed by atoms with van der Waals surface area (Å²) in [4.78, 5) is 0. The zero-order valence-corrected chi connectivity index (χ0v) is 15.7. The van der Waals surface area contributed by atoms with E-state index in [1.54, 1.807) is 0 Å². The highest BCUT2D eigenvalue weighted by Gasteiger charge is 2.56. The SMILES string of the molecule is CN1C2c3c(ccc(Br)c3C(C)(C)S1=O)CC21CCOCC1. The van der Waals surface area contributed by atoms with Crippen LogP contribution >= 0.6 is 15.9 Å². The minimum Gasteiger partial charge on any atom is -0.381 e. The number of rotatable bonds is 0. The standard InChI is InChI=1S/C17H22BrNO2S/c1-16(2)14-12(18)5-4-11-10-17(6-8-21-9-7-17)15(13(11)14)19(3)22(16)20/h4-5,15H,6-10H2,1-3H3. The first-order valence-corrected chi connectivity index (χ1v) is 9.83. The molecular weight excluding hydrogens is 362 g/mol. The Kier molecular flexibility index (Phi) is 3.40. The van der Waals surface area contributed by atoms with Gasteiger partial charge in [-0.3, -0.25) is 0 Å². The van der Waals surface area contributed by atoms with Crippen molar-refractivity contribution in [3.05, 3.63) is 33.3 Å². The maximum atomic E-state index is 13.2. The Morgan fingerprint density at radius 1 is 1.32 bits per heavy atom. The van der Waals surface area contributed by atoms with Crippen molar-refractivity contribution >= 4 is 26.9 Å². The Bertz CT molecular complexity index is 667. The molecule has 2 aliphatic heterocycles. The second-order valence-corrected chi connectivity index (χ2v) is 10.3. The molecule has 4 rings (SSSR count). The van der Waals surface area contributed by atoms with Crippen LogP contribution in [0.4, 0.5) is 0 Å². The fraction of sp³-hybridized carbons (Fsp3) is 0.647. The summed E-state index contributed by atoms with van der Waals surface area (Å²) < 4.78 is 21.7. The molecule has 5 heteroatoms. The van der Waals surface area contributed by atoms with Gasteiger partial charge in [0.25, 0.3) is 0 Å². The Labute approximate surface area is 143 Å². The molecule has 2 atom stereocenters. The average molecular weight is 384 g/mol. The number of benzene rings is 1. The number of fused-ring (bicyclic) bond motifs is 1. The highest BCUT2D eigenvalue weighted by atomic mass is 79.9. The molecule has 22 heavy (non-hydrogen) atoms. The first-order valence-electron chi connectivity index (χ1n) is 7.93. The molecule has 1 aromatic carbocycles. The number of ether oxygens (including phenoxy) is 1. The van der Waals surface area contributed by atoms with E-state index >= 15 is 0 Å². The molecule has 1 spiro atoms. The summed E-state index contributed by atoms with van der Waals surface area (Å²) in [6.07, 6.45) is 3.21. The largest absolute Gasteiger partial charge is 0.381 e. The number of nitrogens with zero attached hydrogens (tertiary/aromatic N) is 1. The molecule has 2 heterocycles. The van der Waals surface area contributed by atoms with Crippen LogP contribution in [-0.4, -0.2) is 28.8 Å². The van der Waals surface area contributed by atoms with Gasteiger partial charge in [0.05, 0.1) is 10.8 Å². The monoisotopic (exact) mass is 383 g/mol. The Morgan fingerprint density at radius 3 is 2.68 bits per heavy atom. The molecule has 0 amide bonds. The van der Waals surface area contributed by atoms with Crippen molar-refractivity contribution in [3.63, 3.8) is 0 Å². The lowest BCUT2D eigenvalue weighted by atomic mass is 9.73. The second kappa shape index (κ2) is 4.88.